The number of thiophene rings is 1. The Bertz CT molecular complexity index is 633. The third-order valence-electron chi connectivity index (χ3n) is 4.44. The van der Waals surface area contributed by atoms with E-state index in [0.717, 1.165) is 0 Å². The van der Waals surface area contributed by atoms with Crippen LogP contribution in [0.4, 0.5) is 0 Å². The van der Waals surface area contributed by atoms with Crippen LogP contribution in [-0.4, -0.2) is 0 Å². The van der Waals surface area contributed by atoms with Crippen molar-refractivity contribution in [2.24, 2.45) is 0 Å². The molecule has 21 heavy (non-hydrogen) atoms. The molecule has 0 amide bonds. The first kappa shape index (κ1) is 14.6. The van der Waals surface area contributed by atoms with Gasteiger partial charge in [-0.1, -0.05) is 51.0 Å². The Kier molecular flexibility index (Phi) is 4.60. The molecule has 0 saturated heterocycles. The summed E-state index contributed by atoms with van der Waals surface area (Å²) >= 11 is 1.93. The van der Waals surface area contributed by atoms with Crippen molar-refractivity contribution in [2.45, 2.75) is 51.9 Å². The van der Waals surface area contributed by atoms with E-state index < -0.39 is 0 Å². The van der Waals surface area contributed by atoms with E-state index in [9.17, 15) is 0 Å². The van der Waals surface area contributed by atoms with Crippen molar-refractivity contribution in [1.29, 1.82) is 0 Å². The van der Waals surface area contributed by atoms with Crippen LogP contribution >= 0.6 is 11.3 Å². The largest absolute Gasteiger partial charge is 0.144 e. The van der Waals surface area contributed by atoms with Crippen LogP contribution in [0.1, 0.15) is 67.0 Å². The second-order valence-corrected chi connectivity index (χ2v) is 6.86. The van der Waals surface area contributed by atoms with Crippen molar-refractivity contribution < 1.29 is 0 Å². The molecule has 1 aromatic heterocycles. The topological polar surface area (TPSA) is 0 Å². The molecule has 0 nitrogen and oxygen atoms in total. The zero-order chi connectivity index (χ0) is 14.7. The predicted molar refractivity (Wildman–Crippen MR) is 94.9 cm³/mol. The van der Waals surface area contributed by atoms with Crippen LogP contribution in [0.5, 0.6) is 0 Å². The highest BCUT2D eigenvalue weighted by molar-refractivity contribution is 7.11. The molecule has 1 aliphatic carbocycles. The van der Waals surface area contributed by atoms with Crippen LogP contribution in [0.15, 0.2) is 35.7 Å². The van der Waals surface area contributed by atoms with Crippen LogP contribution in [-0.2, 0) is 6.42 Å². The van der Waals surface area contributed by atoms with Gasteiger partial charge in [0.05, 0.1) is 0 Å². The van der Waals surface area contributed by atoms with E-state index in [1.165, 1.54) is 48.1 Å². The average molecular weight is 296 g/mol. The number of benzene rings is 1. The van der Waals surface area contributed by atoms with Gasteiger partial charge < -0.3 is 0 Å². The molecule has 0 radical (unpaired) electrons. The van der Waals surface area contributed by atoms with Gasteiger partial charge in [0.2, 0.25) is 0 Å². The van der Waals surface area contributed by atoms with Crippen LogP contribution in [0.2, 0.25) is 0 Å². The van der Waals surface area contributed by atoms with Crippen LogP contribution in [0.25, 0.3) is 11.6 Å². The molecule has 1 unspecified atom stereocenters. The molecule has 0 N–H and O–H groups in total. The molecular formula is C20H24S. The molecule has 0 aliphatic heterocycles. The first-order chi connectivity index (χ1) is 10.3. The van der Waals surface area contributed by atoms with Crippen LogP contribution < -0.4 is 0 Å². The van der Waals surface area contributed by atoms with E-state index in [1.807, 2.05) is 11.3 Å². The summed E-state index contributed by atoms with van der Waals surface area (Å²) in [7, 11) is 0. The molecular weight excluding hydrogens is 272 g/mol. The summed E-state index contributed by atoms with van der Waals surface area (Å²) in [6, 6.07) is 11.3. The highest BCUT2D eigenvalue weighted by atomic mass is 32.1. The Balaban J connectivity index is 1.96. The summed E-state index contributed by atoms with van der Waals surface area (Å²) in [5.74, 6) is 0.602. The van der Waals surface area contributed by atoms with Crippen molar-refractivity contribution in [3.63, 3.8) is 0 Å². The van der Waals surface area contributed by atoms with Gasteiger partial charge in [0.25, 0.3) is 0 Å². The Hall–Kier alpha value is -1.34. The molecule has 1 heterocycles. The maximum Gasteiger partial charge on any atom is 0.0340 e. The van der Waals surface area contributed by atoms with E-state index >= 15 is 0 Å². The predicted octanol–water partition coefficient (Wildman–Crippen LogP) is 6.53. The fraction of sp³-hybridized carbons (Fsp3) is 0.400. The third-order valence-corrected chi connectivity index (χ3v) is 5.45. The normalized spacial score (nSPS) is 16.9. The number of hydrogen-bond donors (Lipinski definition) is 0. The van der Waals surface area contributed by atoms with Crippen LogP contribution in [0.3, 0.4) is 0 Å². The summed E-state index contributed by atoms with van der Waals surface area (Å²) < 4.78 is 0. The molecule has 0 bridgehead atoms. The van der Waals surface area contributed by atoms with Gasteiger partial charge >= 0.3 is 0 Å². The van der Waals surface area contributed by atoms with E-state index in [2.05, 4.69) is 55.6 Å². The van der Waals surface area contributed by atoms with Crippen molar-refractivity contribution in [2.75, 3.05) is 0 Å². The molecule has 1 atom stereocenters. The highest BCUT2D eigenvalue weighted by Gasteiger charge is 2.27. The van der Waals surface area contributed by atoms with Crippen molar-refractivity contribution in [3.05, 3.63) is 57.3 Å². The summed E-state index contributed by atoms with van der Waals surface area (Å²) in [5, 5.41) is 2.27. The Morgan fingerprint density at radius 1 is 1.05 bits per heavy atom. The smallest absolute Gasteiger partial charge is 0.0340 e. The minimum atomic E-state index is 0.602. The monoisotopic (exact) mass is 296 g/mol. The molecule has 0 fully saturated rings. The Labute approximate surface area is 132 Å². The van der Waals surface area contributed by atoms with Crippen molar-refractivity contribution >= 4 is 23.0 Å². The van der Waals surface area contributed by atoms with Gasteiger partial charge in [-0.3, -0.25) is 0 Å². The Morgan fingerprint density at radius 3 is 2.71 bits per heavy atom. The van der Waals surface area contributed by atoms with Gasteiger partial charge in [-0.15, -0.1) is 11.3 Å². The highest BCUT2D eigenvalue weighted by Crippen LogP contribution is 2.46. The molecule has 2 aromatic rings. The summed E-state index contributed by atoms with van der Waals surface area (Å²) in [6.45, 7) is 4.57. The number of aryl methyl sites for hydroxylation is 1. The van der Waals surface area contributed by atoms with Crippen molar-refractivity contribution in [1.82, 2.24) is 0 Å². The SMILES string of the molecule is CCCCc1ccsc1C1=Cc2ccccc2C1CCC. The fourth-order valence-electron chi connectivity index (χ4n) is 3.37. The number of fused-ring (bicyclic) bond motifs is 1. The lowest BCUT2D eigenvalue weighted by Crippen LogP contribution is -1.99. The molecule has 110 valence electrons. The maximum absolute atomic E-state index is 2.44. The minimum absolute atomic E-state index is 0.602. The lowest BCUT2D eigenvalue weighted by Gasteiger charge is -2.16. The van der Waals surface area contributed by atoms with Gasteiger partial charge in [-0.2, -0.15) is 0 Å². The molecule has 3 rings (SSSR count). The maximum atomic E-state index is 2.44. The third kappa shape index (κ3) is 2.85. The first-order valence-corrected chi connectivity index (χ1v) is 9.10. The van der Waals surface area contributed by atoms with E-state index in [1.54, 1.807) is 11.1 Å². The summed E-state index contributed by atoms with van der Waals surface area (Å²) in [4.78, 5) is 1.54. The molecule has 1 aromatic carbocycles. The first-order valence-electron chi connectivity index (χ1n) is 8.22. The zero-order valence-corrected chi connectivity index (χ0v) is 13.9. The summed E-state index contributed by atoms with van der Waals surface area (Å²) in [5.41, 5.74) is 6.09. The van der Waals surface area contributed by atoms with Gasteiger partial charge in [0.1, 0.15) is 0 Å². The molecule has 1 aliphatic rings. The second kappa shape index (κ2) is 6.62. The number of allylic oxidation sites excluding steroid dienone is 1. The molecule has 0 saturated carbocycles. The van der Waals surface area contributed by atoms with Gasteiger partial charge in [-0.05, 0) is 59.0 Å². The van der Waals surface area contributed by atoms with Crippen LogP contribution in [0, 0.1) is 0 Å². The second-order valence-electron chi connectivity index (χ2n) is 5.95. The number of unbranched alkanes of at least 4 members (excludes halogenated alkanes) is 1. The Morgan fingerprint density at radius 2 is 1.90 bits per heavy atom. The minimum Gasteiger partial charge on any atom is -0.144 e. The van der Waals surface area contributed by atoms with Gasteiger partial charge in [0, 0.05) is 10.8 Å². The standard InChI is InChI=1S/C20H24S/c1-3-5-9-15-12-13-21-20(15)19-14-16-10-6-7-11-17(16)18(19)8-4-2/h6-7,10-14,18H,3-5,8-9H2,1-2H3. The lowest BCUT2D eigenvalue weighted by atomic mass is 9.89. The van der Waals surface area contributed by atoms with Crippen molar-refractivity contribution in [3.8, 4) is 0 Å². The van der Waals surface area contributed by atoms with Gasteiger partial charge in [0.15, 0.2) is 0 Å². The fourth-order valence-corrected chi connectivity index (χ4v) is 4.40. The zero-order valence-electron chi connectivity index (χ0n) is 13.1. The number of rotatable bonds is 6. The summed E-state index contributed by atoms with van der Waals surface area (Å²) in [6.07, 6.45) is 8.73. The quantitative estimate of drug-likeness (QED) is 0.568. The molecule has 1 heteroatoms. The van der Waals surface area contributed by atoms with E-state index in [0.29, 0.717) is 5.92 Å². The van der Waals surface area contributed by atoms with E-state index in [4.69, 9.17) is 0 Å². The average Bonchev–Trinajstić information content (AvgIpc) is 3.10. The number of hydrogen-bond acceptors (Lipinski definition) is 1. The van der Waals surface area contributed by atoms with Gasteiger partial charge in [-0.25, -0.2) is 0 Å². The molecule has 0 spiro atoms. The van der Waals surface area contributed by atoms with E-state index in [-0.39, 0.29) is 0 Å². The lowest BCUT2D eigenvalue weighted by molar-refractivity contribution is 0.736.